The van der Waals surface area contributed by atoms with Gasteiger partial charge in [-0.05, 0) is 12.8 Å². The Kier molecular flexibility index (Phi) is 4.78. The van der Waals surface area contributed by atoms with Gasteiger partial charge in [0.25, 0.3) is 0 Å². The Balaban J connectivity index is 3.31. The Morgan fingerprint density at radius 3 is 2.67 bits per heavy atom. The number of carboxylic acids is 1. The van der Waals surface area contributed by atoms with Crippen molar-refractivity contribution in [3.63, 3.8) is 0 Å². The molecule has 0 aliphatic rings. The van der Waals surface area contributed by atoms with Gasteiger partial charge >= 0.3 is 12.0 Å². The first-order chi connectivity index (χ1) is 5.54. The van der Waals surface area contributed by atoms with E-state index in [4.69, 9.17) is 16.6 Å². The summed E-state index contributed by atoms with van der Waals surface area (Å²) in [6.07, 6.45) is 0.839. The Bertz CT molecular complexity index is 171. The third kappa shape index (κ3) is 5.48. The van der Waals surface area contributed by atoms with Crippen LogP contribution in [-0.2, 0) is 4.79 Å². The number of urea groups is 1. The van der Waals surface area contributed by atoms with Crippen molar-refractivity contribution in [3.05, 3.63) is 0 Å². The zero-order chi connectivity index (χ0) is 9.56. The highest BCUT2D eigenvalue weighted by molar-refractivity contribution is 5.73. The van der Waals surface area contributed by atoms with Crippen molar-refractivity contribution in [1.29, 1.82) is 0 Å². The summed E-state index contributed by atoms with van der Waals surface area (Å²) >= 11 is 0. The van der Waals surface area contributed by atoms with E-state index in [0.29, 0.717) is 19.4 Å². The Morgan fingerprint density at radius 1 is 1.67 bits per heavy atom. The summed E-state index contributed by atoms with van der Waals surface area (Å²) in [5.41, 5.74) is 9.96. The fourth-order valence-electron chi connectivity index (χ4n) is 0.657. The normalized spacial score (nSPS) is 12.1. The lowest BCUT2D eigenvalue weighted by Crippen LogP contribution is -2.33. The first kappa shape index (κ1) is 10.7. The summed E-state index contributed by atoms with van der Waals surface area (Å²) in [5, 5.41) is 10.7. The molecule has 0 aromatic carbocycles. The Hall–Kier alpha value is -1.30. The highest BCUT2D eigenvalue weighted by Crippen LogP contribution is 1.92. The third-order valence-electron chi connectivity index (χ3n) is 1.31. The van der Waals surface area contributed by atoms with Gasteiger partial charge < -0.3 is 21.9 Å². The third-order valence-corrected chi connectivity index (χ3v) is 1.31. The molecule has 0 unspecified atom stereocenters. The molecule has 0 aromatic heterocycles. The second-order valence-electron chi connectivity index (χ2n) is 2.38. The molecular formula is C6H13N3O3. The largest absolute Gasteiger partial charge is 0.480 e. The predicted molar refractivity (Wildman–Crippen MR) is 42.4 cm³/mol. The van der Waals surface area contributed by atoms with Crippen molar-refractivity contribution < 1.29 is 14.7 Å². The van der Waals surface area contributed by atoms with Crippen LogP contribution in [0.15, 0.2) is 0 Å². The minimum atomic E-state index is -1.03. The van der Waals surface area contributed by atoms with Gasteiger partial charge in [-0.25, -0.2) is 4.79 Å². The summed E-state index contributed by atoms with van der Waals surface area (Å²) in [6, 6.07) is -1.47. The molecule has 6 heteroatoms. The smallest absolute Gasteiger partial charge is 0.320 e. The van der Waals surface area contributed by atoms with Crippen LogP contribution >= 0.6 is 0 Å². The minimum Gasteiger partial charge on any atom is -0.480 e. The van der Waals surface area contributed by atoms with Crippen LogP contribution < -0.4 is 16.8 Å². The molecule has 0 aromatic rings. The first-order valence-electron chi connectivity index (χ1n) is 3.55. The zero-order valence-corrected chi connectivity index (χ0v) is 6.62. The molecule has 0 radical (unpaired) electrons. The summed E-state index contributed by atoms with van der Waals surface area (Å²) in [6.45, 7) is 0.357. The SMILES string of the molecule is N[C@@H](CCCN[14C](N)=O)C(=O)O. The van der Waals surface area contributed by atoms with Gasteiger partial charge in [-0.15, -0.1) is 0 Å². The van der Waals surface area contributed by atoms with E-state index in [0.717, 1.165) is 0 Å². The predicted octanol–water partition coefficient (Wildman–Crippen LogP) is -1.15. The molecule has 6 N–H and O–H groups in total. The van der Waals surface area contributed by atoms with E-state index in [2.05, 4.69) is 5.32 Å². The van der Waals surface area contributed by atoms with Crippen molar-refractivity contribution in [2.75, 3.05) is 6.54 Å². The molecule has 0 saturated carbocycles. The lowest BCUT2D eigenvalue weighted by atomic mass is 10.2. The van der Waals surface area contributed by atoms with Gasteiger partial charge in [0.1, 0.15) is 6.04 Å². The van der Waals surface area contributed by atoms with Gasteiger partial charge in [-0.1, -0.05) is 0 Å². The van der Waals surface area contributed by atoms with Crippen LogP contribution in [0.5, 0.6) is 0 Å². The number of carbonyl (C=O) groups is 2. The molecule has 0 aliphatic carbocycles. The number of carboxylic acid groups (broad SMARTS) is 1. The molecule has 0 heterocycles. The van der Waals surface area contributed by atoms with E-state index in [1.807, 2.05) is 0 Å². The fourth-order valence-corrected chi connectivity index (χ4v) is 0.657. The van der Waals surface area contributed by atoms with E-state index in [-0.39, 0.29) is 0 Å². The van der Waals surface area contributed by atoms with E-state index >= 15 is 0 Å². The molecule has 6 nitrogen and oxygen atoms in total. The second-order valence-corrected chi connectivity index (χ2v) is 2.38. The van der Waals surface area contributed by atoms with Gasteiger partial charge in [0, 0.05) is 6.54 Å². The molecule has 0 aliphatic heterocycles. The topological polar surface area (TPSA) is 118 Å². The van der Waals surface area contributed by atoms with Crippen LogP contribution in [0.2, 0.25) is 0 Å². The maximum absolute atomic E-state index is 10.2. The fraction of sp³-hybridized carbons (Fsp3) is 0.667. The standard InChI is InChI=1S/C6H13N3O3/c7-4(5(10)11)2-1-3-9-6(8)12/h4H,1-3,7H2,(H,10,11)(H3,8,9,12)/t4-/m0/s1/i6+2. The van der Waals surface area contributed by atoms with Gasteiger partial charge in [0.05, 0.1) is 0 Å². The quantitative estimate of drug-likeness (QED) is 0.396. The number of nitrogens with two attached hydrogens (primary N) is 2. The monoisotopic (exact) mass is 177 g/mol. The van der Waals surface area contributed by atoms with Gasteiger partial charge in [-0.2, -0.15) is 0 Å². The van der Waals surface area contributed by atoms with E-state index < -0.39 is 18.0 Å². The molecule has 12 heavy (non-hydrogen) atoms. The van der Waals surface area contributed by atoms with Crippen molar-refractivity contribution in [2.45, 2.75) is 18.9 Å². The van der Waals surface area contributed by atoms with Gasteiger partial charge in [0.2, 0.25) is 0 Å². The average Bonchev–Trinajstić information content (AvgIpc) is 1.97. The van der Waals surface area contributed by atoms with E-state index in [1.54, 1.807) is 0 Å². The number of primary amides is 1. The number of hydrogen-bond donors (Lipinski definition) is 4. The van der Waals surface area contributed by atoms with Crippen molar-refractivity contribution in [3.8, 4) is 0 Å². The first-order valence-corrected chi connectivity index (χ1v) is 3.55. The number of hydrogen-bond acceptors (Lipinski definition) is 3. The lowest BCUT2D eigenvalue weighted by Gasteiger charge is -2.05. The summed E-state index contributed by atoms with van der Waals surface area (Å²) in [4.78, 5) is 20.3. The number of amides is 2. The summed E-state index contributed by atoms with van der Waals surface area (Å²) in [7, 11) is 0. The highest BCUT2D eigenvalue weighted by atomic mass is 16.4. The van der Waals surface area contributed by atoms with Crippen LogP contribution in [0, 0.1) is 0 Å². The van der Waals surface area contributed by atoms with Crippen molar-refractivity contribution in [1.82, 2.24) is 5.32 Å². The van der Waals surface area contributed by atoms with Crippen LogP contribution in [0.1, 0.15) is 12.8 Å². The number of rotatable bonds is 5. The van der Waals surface area contributed by atoms with Crippen LogP contribution in [0.25, 0.3) is 0 Å². The number of carbonyl (C=O) groups excluding carboxylic acids is 1. The van der Waals surface area contributed by atoms with Crippen LogP contribution in [0.4, 0.5) is 4.79 Å². The Morgan fingerprint density at radius 2 is 2.25 bits per heavy atom. The number of aliphatic carboxylic acids is 1. The van der Waals surface area contributed by atoms with Gasteiger partial charge in [-0.3, -0.25) is 4.79 Å². The maximum atomic E-state index is 10.2. The molecule has 0 fully saturated rings. The highest BCUT2D eigenvalue weighted by Gasteiger charge is 2.09. The zero-order valence-electron chi connectivity index (χ0n) is 6.62. The molecule has 0 saturated heterocycles. The molecule has 0 rings (SSSR count). The average molecular weight is 177 g/mol. The summed E-state index contributed by atoms with van der Waals surface area (Å²) in [5.74, 6) is -1.03. The summed E-state index contributed by atoms with van der Waals surface area (Å²) < 4.78 is 0. The molecule has 2 amide bonds. The van der Waals surface area contributed by atoms with Crippen LogP contribution in [0.3, 0.4) is 0 Å². The lowest BCUT2D eigenvalue weighted by molar-refractivity contribution is -0.138. The Labute approximate surface area is 69.9 Å². The molecule has 0 spiro atoms. The molecular weight excluding hydrogens is 164 g/mol. The minimum absolute atomic E-state index is 0.329. The second kappa shape index (κ2) is 5.36. The van der Waals surface area contributed by atoms with Crippen molar-refractivity contribution in [2.24, 2.45) is 11.5 Å². The maximum Gasteiger partial charge on any atom is 0.320 e. The molecule has 70 valence electrons. The van der Waals surface area contributed by atoms with E-state index in [1.165, 1.54) is 0 Å². The van der Waals surface area contributed by atoms with Crippen molar-refractivity contribution >= 4 is 12.0 Å². The molecule has 1 atom stereocenters. The van der Waals surface area contributed by atoms with Gasteiger partial charge in [0.15, 0.2) is 0 Å². The van der Waals surface area contributed by atoms with E-state index in [9.17, 15) is 9.59 Å². The van der Waals surface area contributed by atoms with Crippen LogP contribution in [-0.4, -0.2) is 29.7 Å². The molecule has 0 bridgehead atoms. The number of nitrogens with one attached hydrogen (secondary N) is 1.